The molecule has 0 bridgehead atoms. The third-order valence-electron chi connectivity index (χ3n) is 5.51. The number of hydrogen-bond acceptors (Lipinski definition) is 0. The topological polar surface area (TPSA) is 0 Å². The Morgan fingerprint density at radius 1 is 1.05 bits per heavy atom. The summed E-state index contributed by atoms with van der Waals surface area (Å²) in [6.45, 7) is 2.37. The third kappa shape index (κ3) is 2.51. The number of hydrogen-bond donors (Lipinski definition) is 0. The van der Waals surface area contributed by atoms with Crippen LogP contribution in [0.2, 0.25) is 0 Å². The van der Waals surface area contributed by atoms with Crippen LogP contribution in [0.3, 0.4) is 0 Å². The fourth-order valence-electron chi connectivity index (χ4n) is 4.13. The molecule has 0 aliphatic heterocycles. The molecule has 1 fully saturated rings. The Kier molecular flexibility index (Phi) is 4.03. The van der Waals surface area contributed by atoms with Crippen LogP contribution in [0, 0.1) is 5.41 Å². The molecule has 1 heteroatoms. The summed E-state index contributed by atoms with van der Waals surface area (Å²) >= 11 is 4.06. The monoisotopic (exact) mass is 320 g/mol. The maximum absolute atomic E-state index is 4.06. The Labute approximate surface area is 126 Å². The van der Waals surface area contributed by atoms with Gasteiger partial charge in [0.05, 0.1) is 0 Å². The smallest absolute Gasteiger partial charge is 0.0451 e. The van der Waals surface area contributed by atoms with Gasteiger partial charge in [-0.15, -0.1) is 0 Å². The van der Waals surface area contributed by atoms with Gasteiger partial charge in [0, 0.05) is 4.83 Å². The van der Waals surface area contributed by atoms with E-state index < -0.39 is 0 Å². The van der Waals surface area contributed by atoms with Crippen molar-refractivity contribution < 1.29 is 0 Å². The first kappa shape index (κ1) is 13.7. The highest BCUT2D eigenvalue weighted by atomic mass is 79.9. The lowest BCUT2D eigenvalue weighted by molar-refractivity contribution is 0.279. The highest BCUT2D eigenvalue weighted by Gasteiger charge is 2.39. The van der Waals surface area contributed by atoms with E-state index in [-0.39, 0.29) is 0 Å². The van der Waals surface area contributed by atoms with Crippen molar-refractivity contribution >= 4 is 15.9 Å². The molecule has 19 heavy (non-hydrogen) atoms. The maximum atomic E-state index is 4.06. The van der Waals surface area contributed by atoms with Crippen molar-refractivity contribution in [3.05, 3.63) is 34.9 Å². The van der Waals surface area contributed by atoms with Crippen molar-refractivity contribution in [2.24, 2.45) is 5.41 Å². The SMILES string of the molecule is CCC1(C(Br)c2ccc3c(c2)CCCC3)CCCC1. The zero-order valence-electron chi connectivity index (χ0n) is 12.1. The lowest BCUT2D eigenvalue weighted by Crippen LogP contribution is -2.21. The fourth-order valence-corrected chi connectivity index (χ4v) is 5.20. The molecule has 0 amide bonds. The van der Waals surface area contributed by atoms with Crippen LogP contribution in [0.5, 0.6) is 0 Å². The van der Waals surface area contributed by atoms with Gasteiger partial charge in [-0.25, -0.2) is 0 Å². The minimum Gasteiger partial charge on any atom is -0.0833 e. The first-order valence-corrected chi connectivity index (χ1v) is 8.92. The molecule has 1 aromatic rings. The summed E-state index contributed by atoms with van der Waals surface area (Å²) in [5, 5.41) is 0. The van der Waals surface area contributed by atoms with Crippen LogP contribution >= 0.6 is 15.9 Å². The minimum atomic E-state index is 0.517. The molecule has 2 aliphatic carbocycles. The lowest BCUT2D eigenvalue weighted by Gasteiger charge is -2.34. The van der Waals surface area contributed by atoms with Crippen molar-refractivity contribution in [3.8, 4) is 0 Å². The van der Waals surface area contributed by atoms with Gasteiger partial charge in [0.25, 0.3) is 0 Å². The highest BCUT2D eigenvalue weighted by molar-refractivity contribution is 9.09. The number of benzene rings is 1. The van der Waals surface area contributed by atoms with E-state index in [2.05, 4.69) is 41.1 Å². The van der Waals surface area contributed by atoms with Gasteiger partial charge in [-0.1, -0.05) is 53.9 Å². The zero-order chi connectivity index (χ0) is 13.3. The molecule has 1 saturated carbocycles. The standard InChI is InChI=1S/C18H25Br/c1-2-18(11-5-6-12-18)17(19)16-10-9-14-7-3-4-8-15(14)13-16/h9-10,13,17H,2-8,11-12H2,1H3. The molecule has 1 unspecified atom stereocenters. The summed E-state index contributed by atoms with van der Waals surface area (Å²) in [6.07, 6.45) is 12.3. The van der Waals surface area contributed by atoms with Gasteiger partial charge in [0.2, 0.25) is 0 Å². The predicted molar refractivity (Wildman–Crippen MR) is 85.9 cm³/mol. The van der Waals surface area contributed by atoms with E-state index in [9.17, 15) is 0 Å². The van der Waals surface area contributed by atoms with E-state index in [1.807, 2.05) is 0 Å². The van der Waals surface area contributed by atoms with Gasteiger partial charge in [-0.3, -0.25) is 0 Å². The molecule has 0 spiro atoms. The summed E-state index contributed by atoms with van der Waals surface area (Å²) < 4.78 is 0. The molecular formula is C18H25Br. The molecule has 0 nitrogen and oxygen atoms in total. The van der Waals surface area contributed by atoms with Crippen LogP contribution in [0.25, 0.3) is 0 Å². The van der Waals surface area contributed by atoms with E-state index in [1.165, 1.54) is 63.4 Å². The summed E-state index contributed by atoms with van der Waals surface area (Å²) in [5.74, 6) is 0. The molecule has 0 aromatic heterocycles. The van der Waals surface area contributed by atoms with Crippen LogP contribution in [0.4, 0.5) is 0 Å². The molecule has 0 heterocycles. The van der Waals surface area contributed by atoms with E-state index in [4.69, 9.17) is 0 Å². The van der Waals surface area contributed by atoms with Crippen molar-refractivity contribution in [1.82, 2.24) is 0 Å². The van der Waals surface area contributed by atoms with Crippen LogP contribution in [0.1, 0.15) is 73.4 Å². The molecular weight excluding hydrogens is 296 g/mol. The molecule has 0 N–H and O–H groups in total. The number of fused-ring (bicyclic) bond motifs is 1. The van der Waals surface area contributed by atoms with E-state index >= 15 is 0 Å². The van der Waals surface area contributed by atoms with Gasteiger partial charge >= 0.3 is 0 Å². The summed E-state index contributed by atoms with van der Waals surface area (Å²) in [4.78, 5) is 0.555. The lowest BCUT2D eigenvalue weighted by atomic mass is 9.77. The Bertz CT molecular complexity index is 443. The van der Waals surface area contributed by atoms with Crippen LogP contribution in [0.15, 0.2) is 18.2 Å². The molecule has 0 saturated heterocycles. The quantitative estimate of drug-likeness (QED) is 0.601. The Hall–Kier alpha value is -0.300. The fraction of sp³-hybridized carbons (Fsp3) is 0.667. The average molecular weight is 321 g/mol. The Morgan fingerprint density at radius 2 is 1.74 bits per heavy atom. The van der Waals surface area contributed by atoms with Gasteiger partial charge in [-0.2, -0.15) is 0 Å². The average Bonchev–Trinajstić information content (AvgIpc) is 2.96. The maximum Gasteiger partial charge on any atom is 0.0451 e. The van der Waals surface area contributed by atoms with E-state index in [0.29, 0.717) is 10.2 Å². The van der Waals surface area contributed by atoms with E-state index in [0.717, 1.165) is 0 Å². The number of rotatable bonds is 3. The number of halogens is 1. The summed E-state index contributed by atoms with van der Waals surface area (Å²) in [6, 6.07) is 7.29. The van der Waals surface area contributed by atoms with Gasteiger partial charge in [0.1, 0.15) is 0 Å². The van der Waals surface area contributed by atoms with Crippen LogP contribution < -0.4 is 0 Å². The zero-order valence-corrected chi connectivity index (χ0v) is 13.6. The van der Waals surface area contributed by atoms with Crippen LogP contribution in [-0.2, 0) is 12.8 Å². The van der Waals surface area contributed by atoms with Crippen molar-refractivity contribution in [2.45, 2.75) is 69.5 Å². The number of alkyl halides is 1. The number of aryl methyl sites for hydroxylation is 2. The van der Waals surface area contributed by atoms with Gasteiger partial charge in [0.15, 0.2) is 0 Å². The predicted octanol–water partition coefficient (Wildman–Crippen LogP) is 5.97. The van der Waals surface area contributed by atoms with Gasteiger partial charge in [-0.05, 0) is 67.1 Å². The Morgan fingerprint density at radius 3 is 2.42 bits per heavy atom. The second-order valence-electron chi connectivity index (χ2n) is 6.52. The second kappa shape index (κ2) is 5.60. The normalized spacial score (nSPS) is 23.1. The highest BCUT2D eigenvalue weighted by Crippen LogP contribution is 2.54. The largest absolute Gasteiger partial charge is 0.0833 e. The first-order valence-electron chi connectivity index (χ1n) is 8.01. The Balaban J connectivity index is 1.88. The minimum absolute atomic E-state index is 0.517. The van der Waals surface area contributed by atoms with Crippen molar-refractivity contribution in [1.29, 1.82) is 0 Å². The first-order chi connectivity index (χ1) is 9.25. The van der Waals surface area contributed by atoms with Crippen LogP contribution in [-0.4, -0.2) is 0 Å². The molecule has 3 rings (SSSR count). The molecule has 104 valence electrons. The summed E-state index contributed by atoms with van der Waals surface area (Å²) in [5.41, 5.74) is 5.27. The molecule has 2 aliphatic rings. The van der Waals surface area contributed by atoms with Crippen molar-refractivity contribution in [3.63, 3.8) is 0 Å². The summed E-state index contributed by atoms with van der Waals surface area (Å²) in [7, 11) is 0. The van der Waals surface area contributed by atoms with Crippen molar-refractivity contribution in [2.75, 3.05) is 0 Å². The van der Waals surface area contributed by atoms with Gasteiger partial charge < -0.3 is 0 Å². The third-order valence-corrected chi connectivity index (χ3v) is 7.01. The van der Waals surface area contributed by atoms with E-state index in [1.54, 1.807) is 11.1 Å². The molecule has 1 atom stereocenters. The molecule has 0 radical (unpaired) electrons. The molecule has 1 aromatic carbocycles. The second-order valence-corrected chi connectivity index (χ2v) is 7.44.